The molecule has 2 aliphatic rings. The van der Waals surface area contributed by atoms with E-state index in [2.05, 4.69) is 10.6 Å². The van der Waals surface area contributed by atoms with E-state index in [-0.39, 0.29) is 24.6 Å². The lowest BCUT2D eigenvalue weighted by molar-refractivity contribution is -0.132. The highest BCUT2D eigenvalue weighted by Gasteiger charge is 2.28. The number of rotatable bonds is 6. The third-order valence-corrected chi connectivity index (χ3v) is 4.23. The fourth-order valence-corrected chi connectivity index (χ4v) is 2.65. The van der Waals surface area contributed by atoms with E-state index in [1.807, 2.05) is 30.3 Å². The number of carbonyl (C=O) groups is 2. The van der Waals surface area contributed by atoms with Gasteiger partial charge in [0.25, 0.3) is 5.91 Å². The first-order valence-corrected chi connectivity index (χ1v) is 8.20. The van der Waals surface area contributed by atoms with E-state index in [9.17, 15) is 9.59 Å². The Morgan fingerprint density at radius 1 is 1.17 bits per heavy atom. The van der Waals surface area contributed by atoms with Gasteiger partial charge in [-0.2, -0.15) is 0 Å². The summed E-state index contributed by atoms with van der Waals surface area (Å²) in [6, 6.07) is 9.19. The summed E-state index contributed by atoms with van der Waals surface area (Å²) >= 11 is 0. The third kappa shape index (κ3) is 4.87. The zero-order valence-corrected chi connectivity index (χ0v) is 13.2. The summed E-state index contributed by atoms with van der Waals surface area (Å²) in [4.78, 5) is 25.7. The molecule has 6 heteroatoms. The second-order valence-electron chi connectivity index (χ2n) is 6.22. The average Bonchev–Trinajstić information content (AvgIpc) is 3.29. The van der Waals surface area contributed by atoms with Crippen LogP contribution in [0.3, 0.4) is 0 Å². The Labute approximate surface area is 136 Å². The lowest BCUT2D eigenvalue weighted by Gasteiger charge is -2.17. The monoisotopic (exact) mass is 317 g/mol. The second kappa shape index (κ2) is 7.35. The van der Waals surface area contributed by atoms with Gasteiger partial charge in [-0.1, -0.05) is 18.2 Å². The maximum absolute atomic E-state index is 12.1. The molecule has 0 spiro atoms. The van der Waals surface area contributed by atoms with Crippen molar-refractivity contribution in [2.24, 2.45) is 5.92 Å². The first-order chi connectivity index (χ1) is 11.2. The molecule has 6 nitrogen and oxygen atoms in total. The number of ether oxygens (including phenoxy) is 1. The van der Waals surface area contributed by atoms with Crippen molar-refractivity contribution in [3.05, 3.63) is 30.3 Å². The minimum Gasteiger partial charge on any atom is -0.484 e. The van der Waals surface area contributed by atoms with Crippen molar-refractivity contribution in [1.82, 2.24) is 15.5 Å². The molecule has 0 bridgehead atoms. The minimum atomic E-state index is -0.128. The van der Waals surface area contributed by atoms with Crippen LogP contribution >= 0.6 is 0 Å². The van der Waals surface area contributed by atoms with E-state index >= 15 is 0 Å². The molecular formula is C17H23N3O3. The first kappa shape index (κ1) is 15.6. The van der Waals surface area contributed by atoms with Gasteiger partial charge in [0.15, 0.2) is 6.61 Å². The van der Waals surface area contributed by atoms with Gasteiger partial charge in [-0.3, -0.25) is 4.79 Å². The minimum absolute atomic E-state index is 0.0230. The van der Waals surface area contributed by atoms with Gasteiger partial charge < -0.3 is 20.3 Å². The van der Waals surface area contributed by atoms with Crippen molar-refractivity contribution in [3.63, 3.8) is 0 Å². The van der Waals surface area contributed by atoms with Crippen LogP contribution in [0, 0.1) is 5.92 Å². The summed E-state index contributed by atoms with van der Waals surface area (Å²) in [5.74, 6) is 1.31. The van der Waals surface area contributed by atoms with Crippen LogP contribution < -0.4 is 15.4 Å². The Hall–Kier alpha value is -2.24. The number of amides is 3. The van der Waals surface area contributed by atoms with Crippen LogP contribution in [0.2, 0.25) is 0 Å². The largest absolute Gasteiger partial charge is 0.484 e. The molecule has 0 unspecified atom stereocenters. The molecule has 3 amide bonds. The second-order valence-corrected chi connectivity index (χ2v) is 6.22. The van der Waals surface area contributed by atoms with Gasteiger partial charge in [0.05, 0.1) is 0 Å². The molecule has 1 atom stereocenters. The van der Waals surface area contributed by atoms with Crippen LogP contribution in [-0.2, 0) is 4.79 Å². The molecule has 1 aliphatic carbocycles. The Balaban J connectivity index is 1.36. The average molecular weight is 317 g/mol. The Bertz CT molecular complexity index is 545. The molecule has 0 radical (unpaired) electrons. The van der Waals surface area contributed by atoms with Crippen molar-refractivity contribution in [1.29, 1.82) is 0 Å². The van der Waals surface area contributed by atoms with E-state index < -0.39 is 0 Å². The number of benzene rings is 1. The summed E-state index contributed by atoms with van der Waals surface area (Å²) in [7, 11) is 0. The van der Waals surface area contributed by atoms with Crippen molar-refractivity contribution in [2.75, 3.05) is 26.2 Å². The fourth-order valence-electron chi connectivity index (χ4n) is 2.65. The highest BCUT2D eigenvalue weighted by Crippen LogP contribution is 2.27. The topological polar surface area (TPSA) is 70.7 Å². The molecular weight excluding hydrogens is 294 g/mol. The number of nitrogens with zero attached hydrogens (tertiary/aromatic N) is 1. The van der Waals surface area contributed by atoms with Crippen LogP contribution in [0.4, 0.5) is 4.79 Å². The van der Waals surface area contributed by atoms with Crippen LogP contribution in [0.25, 0.3) is 0 Å². The number of likely N-dealkylation sites (tertiary alicyclic amines) is 1. The number of urea groups is 1. The molecule has 1 saturated heterocycles. The molecule has 2 fully saturated rings. The number of nitrogens with one attached hydrogen (secondary N) is 2. The van der Waals surface area contributed by atoms with Crippen LogP contribution in [0.1, 0.15) is 19.3 Å². The summed E-state index contributed by atoms with van der Waals surface area (Å²) < 4.78 is 5.48. The van der Waals surface area contributed by atoms with Crippen molar-refractivity contribution >= 4 is 11.9 Å². The normalized spacial score (nSPS) is 20.2. The maximum atomic E-state index is 12.1. The van der Waals surface area contributed by atoms with E-state index in [0.717, 1.165) is 13.0 Å². The maximum Gasteiger partial charge on any atom is 0.315 e. The molecule has 124 valence electrons. The van der Waals surface area contributed by atoms with E-state index in [1.54, 1.807) is 4.90 Å². The van der Waals surface area contributed by atoms with Gasteiger partial charge in [-0.05, 0) is 37.3 Å². The smallest absolute Gasteiger partial charge is 0.315 e. The first-order valence-electron chi connectivity index (χ1n) is 8.20. The SMILES string of the molecule is O=C(NCC1CC1)N[C@H]1CCN(C(=O)COc2ccccc2)C1. The zero-order valence-electron chi connectivity index (χ0n) is 13.2. The van der Waals surface area contributed by atoms with Crippen molar-refractivity contribution < 1.29 is 14.3 Å². The van der Waals surface area contributed by atoms with Gasteiger partial charge in [0, 0.05) is 25.7 Å². The molecule has 1 heterocycles. The van der Waals surface area contributed by atoms with E-state index in [0.29, 0.717) is 24.8 Å². The van der Waals surface area contributed by atoms with Crippen LogP contribution in [0.15, 0.2) is 30.3 Å². The van der Waals surface area contributed by atoms with Gasteiger partial charge in [-0.15, -0.1) is 0 Å². The predicted molar refractivity (Wildman–Crippen MR) is 86.2 cm³/mol. The van der Waals surface area contributed by atoms with Gasteiger partial charge in [0.1, 0.15) is 5.75 Å². The highest BCUT2D eigenvalue weighted by molar-refractivity contribution is 5.78. The number of carbonyl (C=O) groups excluding carboxylic acids is 2. The fraction of sp³-hybridized carbons (Fsp3) is 0.529. The van der Waals surface area contributed by atoms with Crippen LogP contribution in [-0.4, -0.2) is 49.1 Å². The number of para-hydroxylation sites is 1. The Kier molecular flexibility index (Phi) is 5.00. The van der Waals surface area contributed by atoms with Gasteiger partial charge in [0.2, 0.25) is 0 Å². The summed E-state index contributed by atoms with van der Waals surface area (Å²) in [5, 5.41) is 5.82. The Morgan fingerprint density at radius 2 is 1.96 bits per heavy atom. The summed E-state index contributed by atoms with van der Waals surface area (Å²) in [6.07, 6.45) is 3.22. The molecule has 3 rings (SSSR count). The molecule has 1 saturated carbocycles. The lowest BCUT2D eigenvalue weighted by Crippen LogP contribution is -2.44. The van der Waals surface area contributed by atoms with E-state index in [4.69, 9.17) is 4.74 Å². The molecule has 1 aromatic rings. The van der Waals surface area contributed by atoms with E-state index in [1.165, 1.54) is 12.8 Å². The van der Waals surface area contributed by atoms with Gasteiger partial charge in [-0.25, -0.2) is 4.79 Å². The molecule has 23 heavy (non-hydrogen) atoms. The molecule has 2 N–H and O–H groups in total. The summed E-state index contributed by atoms with van der Waals surface area (Å²) in [6.45, 7) is 2.00. The number of hydrogen-bond donors (Lipinski definition) is 2. The lowest BCUT2D eigenvalue weighted by atomic mass is 10.3. The highest BCUT2D eigenvalue weighted by atomic mass is 16.5. The molecule has 1 aromatic carbocycles. The van der Waals surface area contributed by atoms with Crippen molar-refractivity contribution in [3.8, 4) is 5.75 Å². The van der Waals surface area contributed by atoms with Crippen LogP contribution in [0.5, 0.6) is 5.75 Å². The Morgan fingerprint density at radius 3 is 2.70 bits per heavy atom. The van der Waals surface area contributed by atoms with Crippen molar-refractivity contribution in [2.45, 2.75) is 25.3 Å². The third-order valence-electron chi connectivity index (χ3n) is 4.23. The molecule has 1 aliphatic heterocycles. The predicted octanol–water partition coefficient (Wildman–Crippen LogP) is 1.38. The number of hydrogen-bond acceptors (Lipinski definition) is 3. The standard InChI is InChI=1S/C17H23N3O3/c21-16(12-23-15-4-2-1-3-5-15)20-9-8-14(11-20)19-17(22)18-10-13-6-7-13/h1-5,13-14H,6-12H2,(H2,18,19,22)/t14-/m0/s1. The quantitative estimate of drug-likeness (QED) is 0.832. The van der Waals surface area contributed by atoms with Gasteiger partial charge >= 0.3 is 6.03 Å². The summed E-state index contributed by atoms with van der Waals surface area (Å²) in [5.41, 5.74) is 0. The molecule has 0 aromatic heterocycles. The zero-order chi connectivity index (χ0) is 16.1.